The molecule has 1 aromatic carbocycles. The average Bonchev–Trinajstić information content (AvgIpc) is 2.90. The van der Waals surface area contributed by atoms with E-state index in [2.05, 4.69) is 17.2 Å². The monoisotopic (exact) mass is 307 g/mol. The van der Waals surface area contributed by atoms with E-state index in [4.69, 9.17) is 16.3 Å². The van der Waals surface area contributed by atoms with E-state index in [0.29, 0.717) is 0 Å². The molecule has 0 aliphatic heterocycles. The Balaban J connectivity index is 2.26. The van der Waals surface area contributed by atoms with E-state index in [1.807, 2.05) is 42.2 Å². The van der Waals surface area contributed by atoms with Gasteiger partial charge in [0.15, 0.2) is 0 Å². The summed E-state index contributed by atoms with van der Waals surface area (Å²) in [5, 5.41) is 4.27. The Morgan fingerprint density at radius 2 is 2.24 bits per heavy atom. The summed E-state index contributed by atoms with van der Waals surface area (Å²) in [5.41, 5.74) is 1.08. The van der Waals surface area contributed by atoms with Gasteiger partial charge in [0.05, 0.1) is 13.2 Å². The highest BCUT2D eigenvalue weighted by Crippen LogP contribution is 2.27. The quantitative estimate of drug-likeness (QED) is 0.852. The molecule has 1 atom stereocenters. The zero-order chi connectivity index (χ0) is 15.2. The molecule has 1 N–H and O–H groups in total. The lowest BCUT2D eigenvalue weighted by atomic mass is 10.0. The zero-order valence-electron chi connectivity index (χ0n) is 12.8. The predicted molar refractivity (Wildman–Crippen MR) is 86.0 cm³/mol. The van der Waals surface area contributed by atoms with Crippen LogP contribution >= 0.6 is 11.6 Å². The Labute approximate surface area is 131 Å². The van der Waals surface area contributed by atoms with Crippen LogP contribution in [0.25, 0.3) is 0 Å². The van der Waals surface area contributed by atoms with Crippen LogP contribution in [-0.4, -0.2) is 23.2 Å². The van der Waals surface area contributed by atoms with Gasteiger partial charge in [-0.1, -0.05) is 18.5 Å². The van der Waals surface area contributed by atoms with Crippen LogP contribution in [0.3, 0.4) is 0 Å². The Morgan fingerprint density at radius 3 is 2.86 bits per heavy atom. The Kier molecular flexibility index (Phi) is 5.65. The fraction of sp³-hybridized carbons (Fsp3) is 0.438. The van der Waals surface area contributed by atoms with Gasteiger partial charge in [-0.2, -0.15) is 0 Å². The highest BCUT2D eigenvalue weighted by Gasteiger charge is 2.18. The molecule has 0 aliphatic carbocycles. The number of aryl methyl sites for hydroxylation is 1. The first kappa shape index (κ1) is 15.9. The summed E-state index contributed by atoms with van der Waals surface area (Å²) < 4.78 is 7.49. The number of nitrogens with one attached hydrogen (secondary N) is 1. The summed E-state index contributed by atoms with van der Waals surface area (Å²) in [6.45, 7) is 3.10. The standard InChI is InChI=1S/C16H22ClN3O/c1-4-7-18-14(16-19-8-9-20(16)2)11-12-10-13(17)5-6-15(12)21-3/h5-6,8-10,14,18H,4,7,11H2,1-3H3. The Hall–Kier alpha value is -1.52. The fourth-order valence-corrected chi connectivity index (χ4v) is 2.61. The van der Waals surface area contributed by atoms with Gasteiger partial charge in [-0.05, 0) is 43.1 Å². The van der Waals surface area contributed by atoms with Crippen LogP contribution in [0.15, 0.2) is 30.6 Å². The molecule has 0 bridgehead atoms. The fourth-order valence-electron chi connectivity index (χ4n) is 2.41. The van der Waals surface area contributed by atoms with Crippen molar-refractivity contribution in [2.45, 2.75) is 25.8 Å². The van der Waals surface area contributed by atoms with E-state index in [1.165, 1.54) is 0 Å². The largest absolute Gasteiger partial charge is 0.496 e. The van der Waals surface area contributed by atoms with Gasteiger partial charge < -0.3 is 14.6 Å². The van der Waals surface area contributed by atoms with Gasteiger partial charge in [0.1, 0.15) is 11.6 Å². The summed E-state index contributed by atoms with van der Waals surface area (Å²) in [6, 6.07) is 5.85. The molecule has 0 saturated heterocycles. The third-order valence-corrected chi connectivity index (χ3v) is 3.71. The van der Waals surface area contributed by atoms with Crippen molar-refractivity contribution in [3.8, 4) is 5.75 Å². The van der Waals surface area contributed by atoms with Crippen LogP contribution in [0.4, 0.5) is 0 Å². The average molecular weight is 308 g/mol. The smallest absolute Gasteiger partial charge is 0.125 e. The van der Waals surface area contributed by atoms with Crippen molar-refractivity contribution in [2.75, 3.05) is 13.7 Å². The van der Waals surface area contributed by atoms with Gasteiger partial charge in [-0.3, -0.25) is 0 Å². The lowest BCUT2D eigenvalue weighted by Gasteiger charge is -2.20. The van der Waals surface area contributed by atoms with Crippen molar-refractivity contribution in [1.29, 1.82) is 0 Å². The first-order valence-corrected chi connectivity index (χ1v) is 7.56. The molecule has 1 aromatic heterocycles. The van der Waals surface area contributed by atoms with Crippen LogP contribution < -0.4 is 10.1 Å². The highest BCUT2D eigenvalue weighted by atomic mass is 35.5. The third kappa shape index (κ3) is 3.99. The second-order valence-corrected chi connectivity index (χ2v) is 5.50. The zero-order valence-corrected chi connectivity index (χ0v) is 13.5. The second kappa shape index (κ2) is 7.48. The summed E-state index contributed by atoms with van der Waals surface area (Å²) in [6.07, 6.45) is 5.65. The summed E-state index contributed by atoms with van der Waals surface area (Å²) in [7, 11) is 3.69. The minimum atomic E-state index is 0.136. The number of benzene rings is 1. The van der Waals surface area contributed by atoms with E-state index in [0.717, 1.165) is 41.5 Å². The molecule has 4 nitrogen and oxygen atoms in total. The first-order valence-electron chi connectivity index (χ1n) is 7.18. The van der Waals surface area contributed by atoms with E-state index in [-0.39, 0.29) is 6.04 Å². The first-order chi connectivity index (χ1) is 10.2. The molecule has 1 unspecified atom stereocenters. The maximum absolute atomic E-state index is 6.12. The van der Waals surface area contributed by atoms with Gasteiger partial charge >= 0.3 is 0 Å². The number of methoxy groups -OCH3 is 1. The van der Waals surface area contributed by atoms with Crippen LogP contribution in [0.2, 0.25) is 5.02 Å². The van der Waals surface area contributed by atoms with Crippen molar-refractivity contribution in [3.63, 3.8) is 0 Å². The molecule has 0 radical (unpaired) electrons. The summed E-state index contributed by atoms with van der Waals surface area (Å²) in [4.78, 5) is 4.47. The number of rotatable bonds is 7. The number of ether oxygens (including phenoxy) is 1. The van der Waals surface area contributed by atoms with Crippen LogP contribution in [0.5, 0.6) is 5.75 Å². The SMILES string of the molecule is CCCNC(Cc1cc(Cl)ccc1OC)c1nccn1C. The van der Waals surface area contributed by atoms with Crippen molar-refractivity contribution < 1.29 is 4.74 Å². The number of aromatic nitrogens is 2. The molecule has 0 fully saturated rings. The lowest BCUT2D eigenvalue weighted by molar-refractivity contribution is 0.403. The number of hydrogen-bond donors (Lipinski definition) is 1. The van der Waals surface area contributed by atoms with Crippen molar-refractivity contribution >= 4 is 11.6 Å². The summed E-state index contributed by atoms with van der Waals surface area (Å²) >= 11 is 6.12. The Morgan fingerprint density at radius 1 is 1.43 bits per heavy atom. The molecule has 21 heavy (non-hydrogen) atoms. The topological polar surface area (TPSA) is 39.1 Å². The van der Waals surface area contributed by atoms with Crippen LogP contribution in [0, 0.1) is 0 Å². The normalized spacial score (nSPS) is 12.4. The van der Waals surface area contributed by atoms with Crippen molar-refractivity contribution in [2.24, 2.45) is 7.05 Å². The van der Waals surface area contributed by atoms with E-state index in [1.54, 1.807) is 7.11 Å². The number of halogens is 1. The molecule has 2 rings (SSSR count). The number of nitrogens with zero attached hydrogens (tertiary/aromatic N) is 2. The molecule has 114 valence electrons. The van der Waals surface area contributed by atoms with Gasteiger partial charge in [-0.15, -0.1) is 0 Å². The second-order valence-electron chi connectivity index (χ2n) is 5.06. The van der Waals surface area contributed by atoms with Gasteiger partial charge in [-0.25, -0.2) is 4.98 Å². The molecule has 5 heteroatoms. The maximum atomic E-state index is 6.12. The minimum absolute atomic E-state index is 0.136. The Bertz CT molecular complexity index is 583. The van der Waals surface area contributed by atoms with Crippen molar-refractivity contribution in [1.82, 2.24) is 14.9 Å². The van der Waals surface area contributed by atoms with E-state index >= 15 is 0 Å². The molecule has 2 aromatic rings. The molecular formula is C16H22ClN3O. The molecule has 0 spiro atoms. The third-order valence-electron chi connectivity index (χ3n) is 3.48. The molecule has 1 heterocycles. The molecule has 0 saturated carbocycles. The van der Waals surface area contributed by atoms with Crippen molar-refractivity contribution in [3.05, 3.63) is 47.0 Å². The number of imidazole rings is 1. The molecular weight excluding hydrogens is 286 g/mol. The van der Waals surface area contributed by atoms with E-state index in [9.17, 15) is 0 Å². The highest BCUT2D eigenvalue weighted by molar-refractivity contribution is 6.30. The van der Waals surface area contributed by atoms with Gasteiger partial charge in [0.2, 0.25) is 0 Å². The van der Waals surface area contributed by atoms with Crippen LogP contribution in [0.1, 0.15) is 30.8 Å². The predicted octanol–water partition coefficient (Wildman–Crippen LogP) is 3.37. The maximum Gasteiger partial charge on any atom is 0.125 e. The molecule has 0 amide bonds. The number of hydrogen-bond acceptors (Lipinski definition) is 3. The minimum Gasteiger partial charge on any atom is -0.496 e. The van der Waals surface area contributed by atoms with E-state index < -0.39 is 0 Å². The molecule has 0 aliphatic rings. The van der Waals surface area contributed by atoms with Gasteiger partial charge in [0, 0.05) is 24.5 Å². The van der Waals surface area contributed by atoms with Crippen LogP contribution in [-0.2, 0) is 13.5 Å². The summed E-state index contributed by atoms with van der Waals surface area (Å²) in [5.74, 6) is 1.88. The van der Waals surface area contributed by atoms with Gasteiger partial charge in [0.25, 0.3) is 0 Å². The lowest BCUT2D eigenvalue weighted by Crippen LogP contribution is -2.26.